The zero-order chi connectivity index (χ0) is 26.5. The molecular formula is C37H23N3. The van der Waals surface area contributed by atoms with Gasteiger partial charge >= 0.3 is 0 Å². The summed E-state index contributed by atoms with van der Waals surface area (Å²) in [4.78, 5) is 14.4. The monoisotopic (exact) mass is 509 g/mol. The van der Waals surface area contributed by atoms with Crippen molar-refractivity contribution in [3.05, 3.63) is 140 Å². The predicted octanol–water partition coefficient (Wildman–Crippen LogP) is 9.44. The molecule has 0 saturated heterocycles. The van der Waals surface area contributed by atoms with Gasteiger partial charge in [0.2, 0.25) is 0 Å². The summed E-state index contributed by atoms with van der Waals surface area (Å²) in [5, 5.41) is 7.56. The highest BCUT2D eigenvalue weighted by molar-refractivity contribution is 6.25. The molecule has 3 heteroatoms. The summed E-state index contributed by atoms with van der Waals surface area (Å²) in [7, 11) is 0. The Morgan fingerprint density at radius 2 is 1.05 bits per heavy atom. The van der Waals surface area contributed by atoms with Crippen molar-refractivity contribution in [2.75, 3.05) is 0 Å². The van der Waals surface area contributed by atoms with Crippen molar-refractivity contribution >= 4 is 32.3 Å². The van der Waals surface area contributed by atoms with E-state index in [0.717, 1.165) is 39.2 Å². The van der Waals surface area contributed by atoms with Crippen molar-refractivity contribution in [2.45, 2.75) is 0 Å². The van der Waals surface area contributed by atoms with Gasteiger partial charge in [-0.2, -0.15) is 0 Å². The molecule has 0 aliphatic rings. The van der Waals surface area contributed by atoms with Crippen LogP contribution in [-0.4, -0.2) is 15.0 Å². The fourth-order valence-electron chi connectivity index (χ4n) is 5.81. The van der Waals surface area contributed by atoms with Gasteiger partial charge in [-0.05, 0) is 67.7 Å². The number of rotatable bonds is 4. The predicted molar refractivity (Wildman–Crippen MR) is 165 cm³/mol. The normalized spacial score (nSPS) is 11.5. The van der Waals surface area contributed by atoms with E-state index in [1.807, 2.05) is 30.6 Å². The number of aromatic nitrogens is 3. The molecular weight excluding hydrogens is 486 g/mol. The van der Waals surface area contributed by atoms with Crippen LogP contribution in [0.15, 0.2) is 140 Å². The van der Waals surface area contributed by atoms with Crippen molar-refractivity contribution in [3.63, 3.8) is 0 Å². The lowest BCUT2D eigenvalue weighted by molar-refractivity contribution is 1.18. The number of pyridine rings is 1. The molecule has 40 heavy (non-hydrogen) atoms. The Bertz CT molecular complexity index is 2140. The molecule has 0 aliphatic carbocycles. The van der Waals surface area contributed by atoms with Crippen LogP contribution in [0.3, 0.4) is 0 Å². The van der Waals surface area contributed by atoms with Crippen LogP contribution in [0.2, 0.25) is 0 Å². The highest BCUT2D eigenvalue weighted by Crippen LogP contribution is 2.40. The SMILES string of the molecule is c1ccc(-c2cc(-c3ccc4ccc5cccc6ccc3c4c56)nc(-c3cccc(-c4ccncc4)c3)n2)cc1. The van der Waals surface area contributed by atoms with E-state index in [2.05, 4.69) is 114 Å². The Hall–Kier alpha value is -5.41. The zero-order valence-corrected chi connectivity index (χ0v) is 21.6. The number of hydrogen-bond donors (Lipinski definition) is 0. The highest BCUT2D eigenvalue weighted by atomic mass is 14.9. The topological polar surface area (TPSA) is 38.7 Å². The largest absolute Gasteiger partial charge is 0.265 e. The first-order chi connectivity index (χ1) is 19.8. The summed E-state index contributed by atoms with van der Waals surface area (Å²) in [5.74, 6) is 0.706. The summed E-state index contributed by atoms with van der Waals surface area (Å²) in [6.45, 7) is 0. The lowest BCUT2D eigenvalue weighted by Gasteiger charge is -2.15. The molecule has 8 aromatic rings. The van der Waals surface area contributed by atoms with Crippen LogP contribution in [0.1, 0.15) is 0 Å². The highest BCUT2D eigenvalue weighted by Gasteiger charge is 2.16. The second-order valence-corrected chi connectivity index (χ2v) is 10.1. The standard InChI is InChI=1S/C37H23N3/c1-2-6-25(7-3-1)33-23-34(40-37(39-33)30-11-5-10-29(22-30)24-18-20-38-21-19-24)31-16-14-28-13-12-26-8-4-9-27-15-17-32(31)36(28)35(26)27/h1-23H. The minimum absolute atomic E-state index is 0.706. The van der Waals surface area contributed by atoms with E-state index < -0.39 is 0 Å². The minimum atomic E-state index is 0.706. The number of nitrogens with zero attached hydrogens (tertiary/aromatic N) is 3. The molecule has 0 aliphatic heterocycles. The van der Waals surface area contributed by atoms with Gasteiger partial charge in [0, 0.05) is 29.1 Å². The maximum atomic E-state index is 5.19. The summed E-state index contributed by atoms with van der Waals surface area (Å²) in [6.07, 6.45) is 3.64. The van der Waals surface area contributed by atoms with E-state index in [1.54, 1.807) is 0 Å². The van der Waals surface area contributed by atoms with Crippen molar-refractivity contribution in [2.24, 2.45) is 0 Å². The third-order valence-corrected chi connectivity index (χ3v) is 7.73. The first-order valence-corrected chi connectivity index (χ1v) is 13.4. The van der Waals surface area contributed by atoms with Gasteiger partial charge in [0.15, 0.2) is 5.82 Å². The average molecular weight is 510 g/mol. The molecule has 0 unspecified atom stereocenters. The first-order valence-electron chi connectivity index (χ1n) is 13.4. The van der Waals surface area contributed by atoms with E-state index in [0.29, 0.717) is 5.82 Å². The summed E-state index contributed by atoms with van der Waals surface area (Å²) < 4.78 is 0. The fraction of sp³-hybridized carbons (Fsp3) is 0. The lowest BCUT2D eigenvalue weighted by Crippen LogP contribution is -1.97. The molecule has 0 N–H and O–H groups in total. The van der Waals surface area contributed by atoms with Crippen molar-refractivity contribution < 1.29 is 0 Å². The van der Waals surface area contributed by atoms with Gasteiger partial charge in [-0.3, -0.25) is 4.98 Å². The van der Waals surface area contributed by atoms with Gasteiger partial charge in [0.05, 0.1) is 11.4 Å². The summed E-state index contributed by atoms with van der Waals surface area (Å²) in [6, 6.07) is 44.8. The summed E-state index contributed by atoms with van der Waals surface area (Å²) in [5.41, 5.74) is 7.19. The van der Waals surface area contributed by atoms with E-state index in [9.17, 15) is 0 Å². The average Bonchev–Trinajstić information content (AvgIpc) is 3.04. The smallest absolute Gasteiger partial charge is 0.160 e. The molecule has 0 amide bonds. The molecule has 0 radical (unpaired) electrons. The molecule has 0 saturated carbocycles. The Kier molecular flexibility index (Phi) is 5.14. The Balaban J connectivity index is 1.38. The van der Waals surface area contributed by atoms with Crippen molar-refractivity contribution in [3.8, 4) is 45.0 Å². The fourth-order valence-corrected chi connectivity index (χ4v) is 5.81. The van der Waals surface area contributed by atoms with Gasteiger partial charge < -0.3 is 0 Å². The van der Waals surface area contributed by atoms with Gasteiger partial charge in [-0.1, -0.05) is 103 Å². The van der Waals surface area contributed by atoms with Crippen molar-refractivity contribution in [1.29, 1.82) is 0 Å². The minimum Gasteiger partial charge on any atom is -0.265 e. The Morgan fingerprint density at radius 1 is 0.400 bits per heavy atom. The summed E-state index contributed by atoms with van der Waals surface area (Å²) >= 11 is 0. The van der Waals surface area contributed by atoms with Crippen LogP contribution < -0.4 is 0 Å². The molecule has 0 bridgehead atoms. The van der Waals surface area contributed by atoms with Crippen LogP contribution in [-0.2, 0) is 0 Å². The lowest BCUT2D eigenvalue weighted by atomic mass is 9.91. The second kappa shape index (κ2) is 9.11. The van der Waals surface area contributed by atoms with Gasteiger partial charge in [0.25, 0.3) is 0 Å². The Morgan fingerprint density at radius 3 is 1.88 bits per heavy atom. The maximum absolute atomic E-state index is 5.19. The first kappa shape index (κ1) is 22.6. The molecule has 0 spiro atoms. The maximum Gasteiger partial charge on any atom is 0.160 e. The molecule has 2 aromatic heterocycles. The molecule has 3 nitrogen and oxygen atoms in total. The molecule has 2 heterocycles. The molecule has 186 valence electrons. The molecule has 0 fully saturated rings. The van der Waals surface area contributed by atoms with Gasteiger partial charge in [-0.25, -0.2) is 9.97 Å². The van der Waals surface area contributed by atoms with Crippen LogP contribution in [0.5, 0.6) is 0 Å². The van der Waals surface area contributed by atoms with Crippen LogP contribution in [0, 0.1) is 0 Å². The second-order valence-electron chi connectivity index (χ2n) is 10.1. The molecule has 6 aromatic carbocycles. The van der Waals surface area contributed by atoms with Crippen LogP contribution >= 0.6 is 0 Å². The van der Waals surface area contributed by atoms with Crippen LogP contribution in [0.25, 0.3) is 77.3 Å². The van der Waals surface area contributed by atoms with E-state index >= 15 is 0 Å². The van der Waals surface area contributed by atoms with E-state index in [4.69, 9.17) is 9.97 Å². The number of benzene rings is 6. The van der Waals surface area contributed by atoms with Gasteiger partial charge in [-0.15, -0.1) is 0 Å². The third kappa shape index (κ3) is 3.71. The quantitative estimate of drug-likeness (QED) is 0.222. The Labute approximate surface area is 231 Å². The molecule has 0 atom stereocenters. The van der Waals surface area contributed by atoms with E-state index in [-0.39, 0.29) is 0 Å². The zero-order valence-electron chi connectivity index (χ0n) is 21.6. The third-order valence-electron chi connectivity index (χ3n) is 7.73. The number of hydrogen-bond acceptors (Lipinski definition) is 3. The molecule has 8 rings (SSSR count). The van der Waals surface area contributed by atoms with Crippen molar-refractivity contribution in [1.82, 2.24) is 15.0 Å². The van der Waals surface area contributed by atoms with E-state index in [1.165, 1.54) is 32.3 Å². The van der Waals surface area contributed by atoms with Gasteiger partial charge in [0.1, 0.15) is 0 Å². The van der Waals surface area contributed by atoms with Crippen LogP contribution in [0.4, 0.5) is 0 Å².